The van der Waals surface area contributed by atoms with Crippen LogP contribution in [-0.4, -0.2) is 23.8 Å². The van der Waals surface area contributed by atoms with Crippen LogP contribution in [0.25, 0.3) is 0 Å². The Balaban J connectivity index is 2.56. The van der Waals surface area contributed by atoms with Crippen LogP contribution in [0.3, 0.4) is 0 Å². The summed E-state index contributed by atoms with van der Waals surface area (Å²) in [6.07, 6.45) is 6.42. The fraction of sp³-hybridized carbons (Fsp3) is 0.769. The van der Waals surface area contributed by atoms with Gasteiger partial charge in [-0.15, -0.1) is 6.58 Å². The Bertz CT molecular complexity index is 231. The van der Waals surface area contributed by atoms with E-state index in [1.54, 1.807) is 6.92 Å². The van der Waals surface area contributed by atoms with Gasteiger partial charge in [0.15, 0.2) is 0 Å². The molecule has 0 aromatic heterocycles. The van der Waals surface area contributed by atoms with Crippen LogP contribution in [0.5, 0.6) is 0 Å². The van der Waals surface area contributed by atoms with Gasteiger partial charge in [0, 0.05) is 0 Å². The third-order valence-electron chi connectivity index (χ3n) is 3.31. The van der Waals surface area contributed by atoms with Gasteiger partial charge in [-0.2, -0.15) is 0 Å². The highest BCUT2D eigenvalue weighted by molar-refractivity contribution is 5.75. The number of carbonyl (C=O) groups is 1. The van der Waals surface area contributed by atoms with Gasteiger partial charge in [0.2, 0.25) is 0 Å². The van der Waals surface area contributed by atoms with Crippen LogP contribution in [0.1, 0.15) is 39.0 Å². The Labute approximate surface area is 97.5 Å². The molecule has 1 aliphatic rings. The maximum atomic E-state index is 11.6. The van der Waals surface area contributed by atoms with E-state index in [0.29, 0.717) is 6.61 Å². The second-order valence-corrected chi connectivity index (χ2v) is 4.40. The topological polar surface area (TPSA) is 46.5 Å². The lowest BCUT2D eigenvalue weighted by Crippen LogP contribution is -2.35. The van der Waals surface area contributed by atoms with Crippen molar-refractivity contribution in [2.24, 2.45) is 11.8 Å². The fourth-order valence-corrected chi connectivity index (χ4v) is 2.38. The van der Waals surface area contributed by atoms with Gasteiger partial charge in [-0.25, -0.2) is 0 Å². The predicted molar refractivity (Wildman–Crippen MR) is 62.9 cm³/mol. The second kappa shape index (κ2) is 6.69. The minimum absolute atomic E-state index is 0.223. The number of hydrogen-bond donors (Lipinski definition) is 1. The molecule has 0 aliphatic heterocycles. The summed E-state index contributed by atoms with van der Waals surface area (Å²) < 4.78 is 4.94. The number of esters is 1. The van der Waals surface area contributed by atoms with Crippen LogP contribution >= 0.6 is 0 Å². The Morgan fingerprint density at radius 1 is 1.50 bits per heavy atom. The quantitative estimate of drug-likeness (QED) is 0.578. The van der Waals surface area contributed by atoms with Crippen LogP contribution in [0.2, 0.25) is 0 Å². The van der Waals surface area contributed by atoms with Crippen LogP contribution in [0.4, 0.5) is 0 Å². The minimum Gasteiger partial charge on any atom is -0.465 e. The van der Waals surface area contributed by atoms with Gasteiger partial charge < -0.3 is 9.84 Å². The van der Waals surface area contributed by atoms with Crippen molar-refractivity contribution >= 4 is 5.97 Å². The highest BCUT2D eigenvalue weighted by atomic mass is 16.5. The molecule has 1 saturated carbocycles. The van der Waals surface area contributed by atoms with Gasteiger partial charge in [-0.3, -0.25) is 4.79 Å². The number of aliphatic hydroxyl groups is 1. The van der Waals surface area contributed by atoms with E-state index >= 15 is 0 Å². The molecule has 0 heterocycles. The molecular weight excluding hydrogens is 204 g/mol. The van der Waals surface area contributed by atoms with Crippen LogP contribution in [0, 0.1) is 11.8 Å². The molecule has 1 rings (SSSR count). The molecule has 0 spiro atoms. The van der Waals surface area contributed by atoms with E-state index in [0.717, 1.165) is 25.7 Å². The number of aliphatic hydroxyl groups excluding tert-OH is 1. The van der Waals surface area contributed by atoms with Gasteiger partial charge in [0.1, 0.15) is 5.92 Å². The summed E-state index contributed by atoms with van der Waals surface area (Å²) in [6.45, 7) is 5.74. The average molecular weight is 226 g/mol. The van der Waals surface area contributed by atoms with Crippen molar-refractivity contribution in [1.82, 2.24) is 0 Å². The van der Waals surface area contributed by atoms with Crippen LogP contribution in [-0.2, 0) is 9.53 Å². The predicted octanol–water partition coefficient (Wildman–Crippen LogP) is 2.29. The molecule has 3 heteroatoms. The van der Waals surface area contributed by atoms with Gasteiger partial charge >= 0.3 is 5.97 Å². The van der Waals surface area contributed by atoms with Crippen molar-refractivity contribution < 1.29 is 14.6 Å². The third kappa shape index (κ3) is 3.34. The highest BCUT2D eigenvalue weighted by Gasteiger charge is 2.32. The molecule has 0 saturated heterocycles. The number of rotatable bonds is 5. The molecule has 3 nitrogen and oxygen atoms in total. The van der Waals surface area contributed by atoms with E-state index in [1.165, 1.54) is 12.5 Å². The number of carbonyl (C=O) groups excluding carboxylic acids is 1. The van der Waals surface area contributed by atoms with E-state index in [1.807, 2.05) is 0 Å². The molecule has 0 aromatic carbocycles. The molecular formula is C13H22O3. The first-order valence-corrected chi connectivity index (χ1v) is 6.18. The summed E-state index contributed by atoms with van der Waals surface area (Å²) in [5.41, 5.74) is 0. The lowest BCUT2D eigenvalue weighted by Gasteiger charge is -2.29. The molecule has 0 aromatic rings. The summed E-state index contributed by atoms with van der Waals surface area (Å²) in [5, 5.41) is 10.2. The van der Waals surface area contributed by atoms with Crippen LogP contribution < -0.4 is 0 Å². The van der Waals surface area contributed by atoms with E-state index < -0.39 is 12.0 Å². The van der Waals surface area contributed by atoms with Crippen molar-refractivity contribution in [3.8, 4) is 0 Å². The largest absolute Gasteiger partial charge is 0.465 e. The molecule has 0 bridgehead atoms. The Morgan fingerprint density at radius 2 is 2.12 bits per heavy atom. The zero-order chi connectivity index (χ0) is 12.0. The molecule has 0 amide bonds. The van der Waals surface area contributed by atoms with Crippen molar-refractivity contribution in [1.29, 1.82) is 0 Å². The Morgan fingerprint density at radius 3 is 2.62 bits per heavy atom. The smallest absolute Gasteiger partial charge is 0.315 e. The first-order chi connectivity index (χ1) is 7.70. The summed E-state index contributed by atoms with van der Waals surface area (Å²) in [7, 11) is 0. The normalized spacial score (nSPS) is 21.1. The zero-order valence-electron chi connectivity index (χ0n) is 10.0. The SMILES string of the molecule is C=C[C@@H](C(=O)OCC)[C@@H](O)C1CCCCC1. The fourth-order valence-electron chi connectivity index (χ4n) is 2.38. The van der Waals surface area contributed by atoms with Gasteiger partial charge in [-0.1, -0.05) is 25.3 Å². The molecule has 92 valence electrons. The lowest BCUT2D eigenvalue weighted by molar-refractivity contribution is -0.151. The van der Waals surface area contributed by atoms with Gasteiger partial charge in [0.25, 0.3) is 0 Å². The molecule has 0 unspecified atom stereocenters. The first-order valence-electron chi connectivity index (χ1n) is 6.18. The summed E-state index contributed by atoms with van der Waals surface area (Å²) in [5.74, 6) is -0.695. The van der Waals surface area contributed by atoms with Crippen molar-refractivity contribution in [2.75, 3.05) is 6.61 Å². The van der Waals surface area contributed by atoms with E-state index in [-0.39, 0.29) is 11.9 Å². The van der Waals surface area contributed by atoms with Gasteiger partial charge in [0.05, 0.1) is 12.7 Å². The van der Waals surface area contributed by atoms with Crippen molar-refractivity contribution in [3.05, 3.63) is 12.7 Å². The Kier molecular flexibility index (Phi) is 5.53. The summed E-state index contributed by atoms with van der Waals surface area (Å²) >= 11 is 0. The molecule has 1 fully saturated rings. The minimum atomic E-state index is -0.628. The van der Waals surface area contributed by atoms with Crippen molar-refractivity contribution in [2.45, 2.75) is 45.1 Å². The van der Waals surface area contributed by atoms with Crippen molar-refractivity contribution in [3.63, 3.8) is 0 Å². The zero-order valence-corrected chi connectivity index (χ0v) is 10.0. The third-order valence-corrected chi connectivity index (χ3v) is 3.31. The van der Waals surface area contributed by atoms with E-state index in [9.17, 15) is 9.90 Å². The second-order valence-electron chi connectivity index (χ2n) is 4.40. The maximum Gasteiger partial charge on any atom is 0.315 e. The van der Waals surface area contributed by atoms with Gasteiger partial charge in [-0.05, 0) is 25.7 Å². The summed E-state index contributed by atoms with van der Waals surface area (Å²) in [6, 6.07) is 0. The van der Waals surface area contributed by atoms with E-state index in [4.69, 9.17) is 4.74 Å². The van der Waals surface area contributed by atoms with Crippen LogP contribution in [0.15, 0.2) is 12.7 Å². The summed E-state index contributed by atoms with van der Waals surface area (Å²) in [4.78, 5) is 11.6. The number of hydrogen-bond acceptors (Lipinski definition) is 3. The van der Waals surface area contributed by atoms with E-state index in [2.05, 4.69) is 6.58 Å². The highest BCUT2D eigenvalue weighted by Crippen LogP contribution is 2.30. The average Bonchev–Trinajstić information content (AvgIpc) is 2.31. The number of ether oxygens (including phenoxy) is 1. The Hall–Kier alpha value is -0.830. The standard InChI is InChI=1S/C13H22O3/c1-3-11(13(15)16-4-2)12(14)10-8-6-5-7-9-10/h3,10-12,14H,1,4-9H2,2H3/t11-,12+/m1/s1. The maximum absolute atomic E-state index is 11.6. The molecule has 1 aliphatic carbocycles. The molecule has 16 heavy (non-hydrogen) atoms. The molecule has 1 N–H and O–H groups in total. The monoisotopic (exact) mass is 226 g/mol. The molecule has 0 radical (unpaired) electrons. The molecule has 2 atom stereocenters. The lowest BCUT2D eigenvalue weighted by atomic mass is 9.80. The first kappa shape index (κ1) is 13.2.